The standard InChI is InChI=1S/C23H30N4O2.2ClH/c1-23(24,18-10-5-4-6-11-18)22(29)26-20-13-9-12-19(16-20)25-21(28)17-27-14-7-2-3-8-15-27;;/h4-6,9-13,16H,2-3,7-8,14-15,17,24H2,1H3,(H,25,28)(H,26,29);2*1H. The minimum Gasteiger partial charge on any atom is -0.325 e. The van der Waals surface area contributed by atoms with Crippen molar-refractivity contribution in [2.24, 2.45) is 5.73 Å². The molecule has 0 aliphatic carbocycles. The van der Waals surface area contributed by atoms with Crippen LogP contribution in [0, 0.1) is 0 Å². The van der Waals surface area contributed by atoms with Gasteiger partial charge in [0.25, 0.3) is 0 Å². The van der Waals surface area contributed by atoms with Crippen LogP contribution in [0.3, 0.4) is 0 Å². The van der Waals surface area contributed by atoms with E-state index in [4.69, 9.17) is 5.73 Å². The average Bonchev–Trinajstić information content (AvgIpc) is 2.97. The molecule has 8 heteroatoms. The number of likely N-dealkylation sites (tertiary alicyclic amines) is 1. The van der Waals surface area contributed by atoms with Crippen molar-refractivity contribution < 1.29 is 9.59 Å². The molecule has 0 spiro atoms. The van der Waals surface area contributed by atoms with Crippen LogP contribution in [0.5, 0.6) is 0 Å². The lowest BCUT2D eigenvalue weighted by atomic mass is 9.92. The highest BCUT2D eigenvalue weighted by atomic mass is 35.5. The number of carbonyl (C=O) groups is 2. The lowest BCUT2D eigenvalue weighted by Crippen LogP contribution is -2.45. The summed E-state index contributed by atoms with van der Waals surface area (Å²) in [6.07, 6.45) is 4.77. The summed E-state index contributed by atoms with van der Waals surface area (Å²) < 4.78 is 0. The number of nitrogens with one attached hydrogen (secondary N) is 2. The molecule has 0 bridgehead atoms. The molecular weight excluding hydrogens is 435 g/mol. The number of nitrogens with two attached hydrogens (primary N) is 1. The summed E-state index contributed by atoms with van der Waals surface area (Å²) in [6.45, 7) is 4.02. The van der Waals surface area contributed by atoms with Gasteiger partial charge in [0.2, 0.25) is 11.8 Å². The average molecular weight is 467 g/mol. The number of benzene rings is 2. The molecule has 1 saturated heterocycles. The fraction of sp³-hybridized carbons (Fsp3) is 0.391. The summed E-state index contributed by atoms with van der Waals surface area (Å²) in [4.78, 5) is 27.3. The lowest BCUT2D eigenvalue weighted by Gasteiger charge is -2.24. The second-order valence-electron chi connectivity index (χ2n) is 7.84. The highest BCUT2D eigenvalue weighted by molar-refractivity contribution is 5.99. The molecule has 1 unspecified atom stereocenters. The predicted molar refractivity (Wildman–Crippen MR) is 131 cm³/mol. The molecule has 170 valence electrons. The first-order valence-corrected chi connectivity index (χ1v) is 10.2. The molecule has 2 aromatic carbocycles. The second-order valence-corrected chi connectivity index (χ2v) is 7.84. The number of rotatable bonds is 6. The van der Waals surface area contributed by atoms with E-state index in [1.807, 2.05) is 36.4 Å². The highest BCUT2D eigenvalue weighted by Gasteiger charge is 2.30. The van der Waals surface area contributed by atoms with Crippen LogP contribution in [0.2, 0.25) is 0 Å². The van der Waals surface area contributed by atoms with Gasteiger partial charge in [-0.3, -0.25) is 14.5 Å². The maximum Gasteiger partial charge on any atom is 0.248 e. The molecule has 0 saturated carbocycles. The molecular formula is C23H32Cl2N4O2. The van der Waals surface area contributed by atoms with Crippen LogP contribution in [0.15, 0.2) is 54.6 Å². The number of nitrogens with zero attached hydrogens (tertiary/aromatic N) is 1. The molecule has 2 aromatic rings. The predicted octanol–water partition coefficient (Wildman–Crippen LogP) is 4.16. The van der Waals surface area contributed by atoms with Gasteiger partial charge in [0.05, 0.1) is 6.54 Å². The molecule has 3 rings (SSSR count). The molecule has 0 radical (unpaired) electrons. The first-order chi connectivity index (χ1) is 13.9. The van der Waals surface area contributed by atoms with Crippen LogP contribution in [0.25, 0.3) is 0 Å². The topological polar surface area (TPSA) is 87.5 Å². The lowest BCUT2D eigenvalue weighted by molar-refractivity contribution is -0.121. The van der Waals surface area contributed by atoms with Gasteiger partial charge in [-0.05, 0) is 56.6 Å². The quantitative estimate of drug-likeness (QED) is 0.596. The third-order valence-corrected chi connectivity index (χ3v) is 5.32. The van der Waals surface area contributed by atoms with Crippen LogP contribution in [0.4, 0.5) is 11.4 Å². The van der Waals surface area contributed by atoms with Crippen molar-refractivity contribution in [3.63, 3.8) is 0 Å². The van der Waals surface area contributed by atoms with Crippen molar-refractivity contribution >= 4 is 48.0 Å². The zero-order chi connectivity index (χ0) is 20.7. The fourth-order valence-corrected chi connectivity index (χ4v) is 3.55. The van der Waals surface area contributed by atoms with Crippen LogP contribution in [-0.4, -0.2) is 36.3 Å². The molecule has 2 amide bonds. The van der Waals surface area contributed by atoms with Gasteiger partial charge in [-0.1, -0.05) is 49.2 Å². The van der Waals surface area contributed by atoms with E-state index < -0.39 is 5.54 Å². The van der Waals surface area contributed by atoms with E-state index >= 15 is 0 Å². The van der Waals surface area contributed by atoms with Crippen molar-refractivity contribution in [2.75, 3.05) is 30.3 Å². The first kappa shape index (κ1) is 26.9. The molecule has 4 N–H and O–H groups in total. The largest absolute Gasteiger partial charge is 0.325 e. The van der Waals surface area contributed by atoms with Gasteiger partial charge in [-0.25, -0.2) is 0 Å². The minimum atomic E-state index is -1.16. The Morgan fingerprint density at radius 2 is 1.48 bits per heavy atom. The van der Waals surface area contributed by atoms with Gasteiger partial charge in [0.1, 0.15) is 5.54 Å². The molecule has 1 aliphatic heterocycles. The van der Waals surface area contributed by atoms with Crippen molar-refractivity contribution in [1.82, 2.24) is 4.90 Å². The summed E-state index contributed by atoms with van der Waals surface area (Å²) in [6, 6.07) is 16.4. The van der Waals surface area contributed by atoms with Crippen LogP contribution >= 0.6 is 24.8 Å². The van der Waals surface area contributed by atoms with Gasteiger partial charge < -0.3 is 16.4 Å². The molecule has 1 heterocycles. The van der Waals surface area contributed by atoms with Crippen LogP contribution in [0.1, 0.15) is 38.2 Å². The van der Waals surface area contributed by atoms with E-state index in [0.29, 0.717) is 17.9 Å². The normalized spacial score (nSPS) is 15.9. The summed E-state index contributed by atoms with van der Waals surface area (Å²) in [5.41, 5.74) is 7.10. The first-order valence-electron chi connectivity index (χ1n) is 10.2. The Bertz CT molecular complexity index is 838. The third-order valence-electron chi connectivity index (χ3n) is 5.32. The SMILES string of the molecule is CC(N)(C(=O)Nc1cccc(NC(=O)CN2CCCCCC2)c1)c1ccccc1.Cl.Cl. The number of halogens is 2. The Balaban J connectivity index is 0.00000240. The number of anilines is 2. The fourth-order valence-electron chi connectivity index (χ4n) is 3.55. The van der Waals surface area contributed by atoms with E-state index in [0.717, 1.165) is 31.5 Å². The summed E-state index contributed by atoms with van der Waals surface area (Å²) in [7, 11) is 0. The number of hydrogen-bond acceptors (Lipinski definition) is 4. The van der Waals surface area contributed by atoms with Gasteiger partial charge >= 0.3 is 0 Å². The summed E-state index contributed by atoms with van der Waals surface area (Å²) >= 11 is 0. The van der Waals surface area contributed by atoms with E-state index in [1.165, 1.54) is 12.8 Å². The maximum absolute atomic E-state index is 12.7. The molecule has 6 nitrogen and oxygen atoms in total. The van der Waals surface area contributed by atoms with E-state index in [9.17, 15) is 9.59 Å². The zero-order valence-corrected chi connectivity index (χ0v) is 19.4. The third kappa shape index (κ3) is 7.82. The van der Waals surface area contributed by atoms with Crippen LogP contribution in [-0.2, 0) is 15.1 Å². The molecule has 1 fully saturated rings. The van der Waals surface area contributed by atoms with Crippen LogP contribution < -0.4 is 16.4 Å². The number of hydrogen-bond donors (Lipinski definition) is 3. The monoisotopic (exact) mass is 466 g/mol. The van der Waals surface area contributed by atoms with Gasteiger partial charge in [-0.2, -0.15) is 0 Å². The Morgan fingerprint density at radius 1 is 0.903 bits per heavy atom. The number of carbonyl (C=O) groups excluding carboxylic acids is 2. The van der Waals surface area contributed by atoms with Gasteiger partial charge in [0.15, 0.2) is 0 Å². The van der Waals surface area contributed by atoms with Gasteiger partial charge in [-0.15, -0.1) is 24.8 Å². The molecule has 0 aromatic heterocycles. The maximum atomic E-state index is 12.7. The van der Waals surface area contributed by atoms with E-state index in [2.05, 4.69) is 15.5 Å². The van der Waals surface area contributed by atoms with E-state index in [1.54, 1.807) is 25.1 Å². The number of amides is 2. The Morgan fingerprint density at radius 3 is 2.10 bits per heavy atom. The summed E-state index contributed by atoms with van der Waals surface area (Å²) in [5, 5.41) is 5.79. The van der Waals surface area contributed by atoms with Crippen molar-refractivity contribution in [1.29, 1.82) is 0 Å². The minimum absolute atomic E-state index is 0. The van der Waals surface area contributed by atoms with Crippen molar-refractivity contribution in [3.8, 4) is 0 Å². The summed E-state index contributed by atoms with van der Waals surface area (Å²) in [5.74, 6) is -0.347. The Kier molecular flexibility index (Phi) is 11.0. The van der Waals surface area contributed by atoms with E-state index in [-0.39, 0.29) is 36.6 Å². The zero-order valence-electron chi connectivity index (χ0n) is 17.8. The molecule has 1 atom stereocenters. The van der Waals surface area contributed by atoms with Gasteiger partial charge in [0, 0.05) is 11.4 Å². The van der Waals surface area contributed by atoms with Crippen molar-refractivity contribution in [2.45, 2.75) is 38.1 Å². The smallest absolute Gasteiger partial charge is 0.248 e. The Hall–Kier alpha value is -2.12. The molecule has 1 aliphatic rings. The second kappa shape index (κ2) is 12.7. The highest BCUT2D eigenvalue weighted by Crippen LogP contribution is 2.21. The molecule has 31 heavy (non-hydrogen) atoms. The Labute approximate surface area is 196 Å². The van der Waals surface area contributed by atoms with Crippen molar-refractivity contribution in [3.05, 3.63) is 60.2 Å².